The van der Waals surface area contributed by atoms with Crippen molar-refractivity contribution >= 4 is 0 Å². The van der Waals surface area contributed by atoms with Crippen LogP contribution in [0.4, 0.5) is 0 Å². The number of likely N-dealkylation sites (N-methyl/N-ethyl adjacent to an activating group) is 1. The smallest absolute Gasteiger partial charge is 0.0597 e. The minimum Gasteiger partial charge on any atom is -0.309 e. The zero-order chi connectivity index (χ0) is 14.5. The van der Waals surface area contributed by atoms with Gasteiger partial charge in [0.1, 0.15) is 0 Å². The molecule has 3 nitrogen and oxygen atoms in total. The van der Waals surface area contributed by atoms with E-state index in [1.54, 1.807) is 0 Å². The van der Waals surface area contributed by atoms with Gasteiger partial charge in [0.25, 0.3) is 0 Å². The molecule has 2 aromatic rings. The van der Waals surface area contributed by atoms with Gasteiger partial charge in [0.15, 0.2) is 0 Å². The van der Waals surface area contributed by atoms with Crippen LogP contribution in [0.3, 0.4) is 0 Å². The number of aromatic nitrogens is 2. The molecular formula is C17H25N3. The van der Waals surface area contributed by atoms with E-state index in [9.17, 15) is 0 Å². The van der Waals surface area contributed by atoms with Gasteiger partial charge in [-0.05, 0) is 45.4 Å². The topological polar surface area (TPSA) is 29.9 Å². The lowest BCUT2D eigenvalue weighted by Crippen LogP contribution is -2.25. The molecule has 0 saturated heterocycles. The third-order valence-corrected chi connectivity index (χ3v) is 3.60. The first-order valence-electron chi connectivity index (χ1n) is 7.47. The maximum atomic E-state index is 4.56. The standard InChI is InChI=1S/C17H25N3/c1-5-18-16(12-15-9-7-13(3)8-10-15)17-11-14(4)19-20(17)6-2/h7-11,16,18H,5-6,12H2,1-4H3. The van der Waals surface area contributed by atoms with E-state index in [-0.39, 0.29) is 0 Å². The van der Waals surface area contributed by atoms with Gasteiger partial charge in [0.05, 0.1) is 17.4 Å². The first kappa shape index (κ1) is 14.8. The molecule has 108 valence electrons. The quantitative estimate of drug-likeness (QED) is 0.872. The van der Waals surface area contributed by atoms with Crippen LogP contribution in [-0.4, -0.2) is 16.3 Å². The third-order valence-electron chi connectivity index (χ3n) is 3.60. The molecule has 1 unspecified atom stereocenters. The molecule has 0 bridgehead atoms. The number of benzene rings is 1. The molecule has 1 aromatic carbocycles. The van der Waals surface area contributed by atoms with Gasteiger partial charge in [0.2, 0.25) is 0 Å². The Kier molecular flexibility index (Phi) is 4.96. The van der Waals surface area contributed by atoms with Crippen molar-refractivity contribution < 1.29 is 0 Å². The van der Waals surface area contributed by atoms with Crippen LogP contribution in [0.1, 0.15) is 42.4 Å². The van der Waals surface area contributed by atoms with Gasteiger partial charge in [-0.25, -0.2) is 0 Å². The molecular weight excluding hydrogens is 246 g/mol. The zero-order valence-corrected chi connectivity index (χ0v) is 13.0. The summed E-state index contributed by atoms with van der Waals surface area (Å²) >= 11 is 0. The summed E-state index contributed by atoms with van der Waals surface area (Å²) < 4.78 is 2.11. The van der Waals surface area contributed by atoms with Gasteiger partial charge in [-0.2, -0.15) is 5.10 Å². The Hall–Kier alpha value is -1.61. The predicted molar refractivity (Wildman–Crippen MR) is 83.9 cm³/mol. The van der Waals surface area contributed by atoms with Gasteiger partial charge < -0.3 is 5.32 Å². The van der Waals surface area contributed by atoms with Crippen LogP contribution < -0.4 is 5.32 Å². The average molecular weight is 271 g/mol. The number of rotatable bonds is 6. The van der Waals surface area contributed by atoms with E-state index in [4.69, 9.17) is 0 Å². The minimum atomic E-state index is 0.323. The second-order valence-corrected chi connectivity index (χ2v) is 5.33. The second kappa shape index (κ2) is 6.71. The highest BCUT2D eigenvalue weighted by Gasteiger charge is 2.16. The van der Waals surface area contributed by atoms with Gasteiger partial charge in [-0.3, -0.25) is 4.68 Å². The van der Waals surface area contributed by atoms with Crippen molar-refractivity contribution in [3.63, 3.8) is 0 Å². The SMILES string of the molecule is CCNC(Cc1ccc(C)cc1)c1cc(C)nn1CC. The van der Waals surface area contributed by atoms with Crippen molar-refractivity contribution in [1.29, 1.82) is 0 Å². The average Bonchev–Trinajstić information content (AvgIpc) is 2.82. The van der Waals surface area contributed by atoms with Crippen molar-refractivity contribution in [3.8, 4) is 0 Å². The zero-order valence-electron chi connectivity index (χ0n) is 13.0. The van der Waals surface area contributed by atoms with Crippen LogP contribution in [0.2, 0.25) is 0 Å². The van der Waals surface area contributed by atoms with Crippen LogP contribution in [0.15, 0.2) is 30.3 Å². The molecule has 1 heterocycles. The molecule has 0 aliphatic rings. The lowest BCUT2D eigenvalue weighted by Gasteiger charge is -2.19. The number of hydrogen-bond acceptors (Lipinski definition) is 2. The van der Waals surface area contributed by atoms with Crippen molar-refractivity contribution in [2.75, 3.05) is 6.54 Å². The van der Waals surface area contributed by atoms with Crippen molar-refractivity contribution in [2.24, 2.45) is 0 Å². The molecule has 0 amide bonds. The number of nitrogens with zero attached hydrogens (tertiary/aromatic N) is 2. The molecule has 2 rings (SSSR count). The maximum Gasteiger partial charge on any atom is 0.0597 e. The summed E-state index contributed by atoms with van der Waals surface area (Å²) in [6.45, 7) is 10.4. The van der Waals surface area contributed by atoms with Crippen LogP contribution in [0.5, 0.6) is 0 Å². The molecule has 0 aliphatic heterocycles. The molecule has 20 heavy (non-hydrogen) atoms. The summed E-state index contributed by atoms with van der Waals surface area (Å²) in [5, 5.41) is 8.15. The molecule has 1 atom stereocenters. The summed E-state index contributed by atoms with van der Waals surface area (Å²) in [4.78, 5) is 0. The first-order chi connectivity index (χ1) is 9.63. The van der Waals surface area contributed by atoms with E-state index in [0.717, 1.165) is 25.2 Å². The molecule has 0 fully saturated rings. The Labute approximate surface area is 122 Å². The summed E-state index contributed by atoms with van der Waals surface area (Å²) in [7, 11) is 0. The Balaban J connectivity index is 2.23. The van der Waals surface area contributed by atoms with Crippen LogP contribution in [0, 0.1) is 13.8 Å². The van der Waals surface area contributed by atoms with Gasteiger partial charge in [-0.15, -0.1) is 0 Å². The van der Waals surface area contributed by atoms with Crippen molar-refractivity contribution in [2.45, 2.75) is 46.7 Å². The highest BCUT2D eigenvalue weighted by atomic mass is 15.3. The highest BCUT2D eigenvalue weighted by molar-refractivity contribution is 5.24. The fourth-order valence-electron chi connectivity index (χ4n) is 2.59. The Morgan fingerprint density at radius 3 is 2.45 bits per heavy atom. The van der Waals surface area contributed by atoms with Gasteiger partial charge in [-0.1, -0.05) is 36.8 Å². The Morgan fingerprint density at radius 2 is 1.85 bits per heavy atom. The fourth-order valence-corrected chi connectivity index (χ4v) is 2.59. The molecule has 0 aliphatic carbocycles. The van der Waals surface area contributed by atoms with E-state index in [2.05, 4.69) is 73.1 Å². The molecule has 3 heteroatoms. The van der Waals surface area contributed by atoms with Crippen molar-refractivity contribution in [1.82, 2.24) is 15.1 Å². The van der Waals surface area contributed by atoms with Crippen LogP contribution in [-0.2, 0) is 13.0 Å². The van der Waals surface area contributed by atoms with Crippen LogP contribution in [0.25, 0.3) is 0 Å². The Morgan fingerprint density at radius 1 is 1.15 bits per heavy atom. The normalized spacial score (nSPS) is 12.6. The second-order valence-electron chi connectivity index (χ2n) is 5.33. The van der Waals surface area contributed by atoms with Crippen molar-refractivity contribution in [3.05, 3.63) is 52.8 Å². The monoisotopic (exact) mass is 271 g/mol. The van der Waals surface area contributed by atoms with E-state index in [1.165, 1.54) is 16.8 Å². The first-order valence-corrected chi connectivity index (χ1v) is 7.47. The van der Waals surface area contributed by atoms with Gasteiger partial charge >= 0.3 is 0 Å². The third kappa shape index (κ3) is 3.48. The highest BCUT2D eigenvalue weighted by Crippen LogP contribution is 2.20. The molecule has 1 aromatic heterocycles. The largest absolute Gasteiger partial charge is 0.309 e. The van der Waals surface area contributed by atoms with E-state index < -0.39 is 0 Å². The number of aryl methyl sites for hydroxylation is 3. The van der Waals surface area contributed by atoms with Gasteiger partial charge in [0, 0.05) is 6.54 Å². The summed E-state index contributed by atoms with van der Waals surface area (Å²) in [5.74, 6) is 0. The minimum absolute atomic E-state index is 0.323. The Bertz CT molecular complexity index is 540. The maximum absolute atomic E-state index is 4.56. The van der Waals surface area contributed by atoms with Crippen LogP contribution >= 0.6 is 0 Å². The summed E-state index contributed by atoms with van der Waals surface area (Å²) in [5.41, 5.74) is 5.05. The number of nitrogens with one attached hydrogen (secondary N) is 1. The fraction of sp³-hybridized carbons (Fsp3) is 0.471. The number of hydrogen-bond donors (Lipinski definition) is 1. The molecule has 0 saturated carbocycles. The van der Waals surface area contributed by atoms with E-state index in [0.29, 0.717) is 6.04 Å². The summed E-state index contributed by atoms with van der Waals surface area (Å²) in [6, 6.07) is 11.3. The lowest BCUT2D eigenvalue weighted by atomic mass is 10.0. The van der Waals surface area contributed by atoms with E-state index >= 15 is 0 Å². The lowest BCUT2D eigenvalue weighted by molar-refractivity contribution is 0.490. The predicted octanol–water partition coefficient (Wildman–Crippen LogP) is 3.41. The summed E-state index contributed by atoms with van der Waals surface area (Å²) in [6.07, 6.45) is 0.999. The van der Waals surface area contributed by atoms with E-state index in [1.807, 2.05) is 0 Å². The molecule has 0 spiro atoms. The molecule has 0 radical (unpaired) electrons. The molecule has 1 N–H and O–H groups in total.